The highest BCUT2D eigenvalue weighted by Gasteiger charge is 2.27. The smallest absolute Gasteiger partial charge is 0.309 e. The maximum atomic E-state index is 11.1. The molecule has 0 aromatic heterocycles. The number of anilines is 1. The summed E-state index contributed by atoms with van der Waals surface area (Å²) >= 11 is 0. The molecule has 0 radical (unpaired) electrons. The Bertz CT molecular complexity index is 511. The van der Waals surface area contributed by atoms with Crippen LogP contribution in [0.1, 0.15) is 32.3 Å². The van der Waals surface area contributed by atoms with Crippen LogP contribution in [0.2, 0.25) is 0 Å². The summed E-state index contributed by atoms with van der Waals surface area (Å²) < 4.78 is 0. The molecule has 0 saturated carbocycles. The monoisotopic (exact) mass is 277 g/mol. The lowest BCUT2D eigenvalue weighted by molar-refractivity contribution is -0.384. The molecule has 0 atom stereocenters. The SMILES string of the molecule is CCC(CC)(CO)CNc1cccc(C#N)c1[N+](=O)[O-]. The highest BCUT2D eigenvalue weighted by molar-refractivity contribution is 5.68. The summed E-state index contributed by atoms with van der Waals surface area (Å²) in [6, 6.07) is 6.42. The first-order valence-corrected chi connectivity index (χ1v) is 6.55. The fraction of sp³-hybridized carbons (Fsp3) is 0.500. The van der Waals surface area contributed by atoms with E-state index >= 15 is 0 Å². The zero-order chi connectivity index (χ0) is 15.2. The molecule has 1 aromatic carbocycles. The first-order chi connectivity index (χ1) is 9.53. The number of nitrogens with zero attached hydrogens (tertiary/aromatic N) is 2. The molecule has 20 heavy (non-hydrogen) atoms. The van der Waals surface area contributed by atoms with Gasteiger partial charge in [0.25, 0.3) is 0 Å². The number of nitriles is 1. The molecule has 0 amide bonds. The summed E-state index contributed by atoms with van der Waals surface area (Å²) in [5.74, 6) is 0. The van der Waals surface area contributed by atoms with Crippen molar-refractivity contribution in [2.24, 2.45) is 5.41 Å². The van der Waals surface area contributed by atoms with Crippen molar-refractivity contribution in [3.05, 3.63) is 33.9 Å². The van der Waals surface area contributed by atoms with E-state index in [1.54, 1.807) is 12.1 Å². The van der Waals surface area contributed by atoms with E-state index in [1.165, 1.54) is 6.07 Å². The first kappa shape index (κ1) is 15.9. The lowest BCUT2D eigenvalue weighted by Gasteiger charge is -2.29. The van der Waals surface area contributed by atoms with E-state index in [2.05, 4.69) is 5.32 Å². The van der Waals surface area contributed by atoms with Crippen molar-refractivity contribution in [2.75, 3.05) is 18.5 Å². The van der Waals surface area contributed by atoms with E-state index < -0.39 is 4.92 Å². The molecule has 1 rings (SSSR count). The fourth-order valence-corrected chi connectivity index (χ4v) is 2.04. The van der Waals surface area contributed by atoms with E-state index in [0.717, 1.165) is 12.8 Å². The predicted octanol–water partition coefficient (Wildman–Crippen LogP) is 2.68. The summed E-state index contributed by atoms with van der Waals surface area (Å²) in [6.45, 7) is 4.38. The Labute approximate surface area is 118 Å². The Morgan fingerprint density at radius 3 is 2.55 bits per heavy atom. The third kappa shape index (κ3) is 3.25. The summed E-state index contributed by atoms with van der Waals surface area (Å²) in [6.07, 6.45) is 1.53. The number of para-hydroxylation sites is 1. The van der Waals surface area contributed by atoms with Crippen molar-refractivity contribution >= 4 is 11.4 Å². The van der Waals surface area contributed by atoms with Gasteiger partial charge in [0.05, 0.1) is 11.5 Å². The van der Waals surface area contributed by atoms with Crippen molar-refractivity contribution in [2.45, 2.75) is 26.7 Å². The quantitative estimate of drug-likeness (QED) is 0.589. The summed E-state index contributed by atoms with van der Waals surface area (Å²) in [5, 5.41) is 32.6. The molecular formula is C14H19N3O3. The van der Waals surface area contributed by atoms with Crippen molar-refractivity contribution in [1.29, 1.82) is 5.26 Å². The number of hydrogen-bond acceptors (Lipinski definition) is 5. The number of nitro groups is 1. The Balaban J connectivity index is 3.05. The second-order valence-electron chi connectivity index (χ2n) is 4.79. The van der Waals surface area contributed by atoms with Gasteiger partial charge in [-0.3, -0.25) is 10.1 Å². The van der Waals surface area contributed by atoms with Gasteiger partial charge in [0.15, 0.2) is 0 Å². The summed E-state index contributed by atoms with van der Waals surface area (Å²) in [7, 11) is 0. The van der Waals surface area contributed by atoms with Crippen molar-refractivity contribution in [3.8, 4) is 6.07 Å². The van der Waals surface area contributed by atoms with Crippen molar-refractivity contribution in [3.63, 3.8) is 0 Å². The van der Waals surface area contributed by atoms with E-state index in [-0.39, 0.29) is 23.3 Å². The van der Waals surface area contributed by atoms with Gasteiger partial charge in [0, 0.05) is 12.0 Å². The van der Waals surface area contributed by atoms with Crippen LogP contribution in [0.15, 0.2) is 18.2 Å². The van der Waals surface area contributed by atoms with Crippen molar-refractivity contribution < 1.29 is 10.0 Å². The van der Waals surface area contributed by atoms with Crippen LogP contribution < -0.4 is 5.32 Å². The number of hydrogen-bond donors (Lipinski definition) is 2. The van der Waals surface area contributed by atoms with Gasteiger partial charge in [0.1, 0.15) is 17.3 Å². The van der Waals surface area contributed by atoms with Gasteiger partial charge in [-0.05, 0) is 25.0 Å². The molecule has 0 aliphatic carbocycles. The third-order valence-electron chi connectivity index (χ3n) is 3.83. The van der Waals surface area contributed by atoms with E-state index in [0.29, 0.717) is 12.2 Å². The van der Waals surface area contributed by atoms with Crippen LogP contribution in [0.5, 0.6) is 0 Å². The number of benzene rings is 1. The van der Waals surface area contributed by atoms with Gasteiger partial charge in [-0.2, -0.15) is 5.26 Å². The van der Waals surface area contributed by atoms with Crippen molar-refractivity contribution in [1.82, 2.24) is 0 Å². The molecule has 0 bridgehead atoms. The van der Waals surface area contributed by atoms with E-state index in [9.17, 15) is 15.2 Å². The van der Waals surface area contributed by atoms with Crippen LogP contribution in [0.4, 0.5) is 11.4 Å². The second-order valence-corrected chi connectivity index (χ2v) is 4.79. The largest absolute Gasteiger partial charge is 0.396 e. The molecule has 0 saturated heterocycles. The van der Waals surface area contributed by atoms with Crippen LogP contribution >= 0.6 is 0 Å². The van der Waals surface area contributed by atoms with E-state index in [4.69, 9.17) is 5.26 Å². The van der Waals surface area contributed by atoms with Gasteiger partial charge in [-0.25, -0.2) is 0 Å². The summed E-state index contributed by atoms with van der Waals surface area (Å²) in [5.41, 5.74) is -0.179. The number of nitrogens with one attached hydrogen (secondary N) is 1. The number of nitro benzene ring substituents is 1. The zero-order valence-electron chi connectivity index (χ0n) is 11.7. The zero-order valence-corrected chi connectivity index (χ0v) is 11.7. The molecule has 1 aromatic rings. The Morgan fingerprint density at radius 1 is 1.45 bits per heavy atom. The average molecular weight is 277 g/mol. The van der Waals surface area contributed by atoms with Crippen LogP contribution in [-0.2, 0) is 0 Å². The van der Waals surface area contributed by atoms with Gasteiger partial charge in [0.2, 0.25) is 0 Å². The third-order valence-corrected chi connectivity index (χ3v) is 3.83. The summed E-state index contributed by atoms with van der Waals surface area (Å²) in [4.78, 5) is 10.5. The maximum Gasteiger partial charge on any atom is 0.309 e. The number of rotatable bonds is 7. The minimum absolute atomic E-state index is 0.0126. The molecule has 2 N–H and O–H groups in total. The average Bonchev–Trinajstić information content (AvgIpc) is 2.48. The Kier molecular flexibility index (Phi) is 5.47. The molecule has 0 heterocycles. The van der Waals surface area contributed by atoms with Gasteiger partial charge >= 0.3 is 5.69 Å². The van der Waals surface area contributed by atoms with Gasteiger partial charge < -0.3 is 10.4 Å². The highest BCUT2D eigenvalue weighted by atomic mass is 16.6. The molecule has 0 spiro atoms. The van der Waals surface area contributed by atoms with Crippen LogP contribution in [0, 0.1) is 26.9 Å². The minimum Gasteiger partial charge on any atom is -0.396 e. The molecule has 0 aliphatic rings. The second kappa shape index (κ2) is 6.87. The first-order valence-electron chi connectivity index (χ1n) is 6.55. The predicted molar refractivity (Wildman–Crippen MR) is 76.4 cm³/mol. The molecule has 108 valence electrons. The number of aliphatic hydroxyl groups is 1. The lowest BCUT2D eigenvalue weighted by atomic mass is 9.83. The fourth-order valence-electron chi connectivity index (χ4n) is 2.04. The standard InChI is InChI=1S/C14H19N3O3/c1-3-14(4-2,10-18)9-16-12-7-5-6-11(8-15)13(12)17(19)20/h5-7,16,18H,3-4,9-10H2,1-2H3. The van der Waals surface area contributed by atoms with E-state index in [1.807, 2.05) is 19.9 Å². The molecule has 6 heteroatoms. The Hall–Kier alpha value is -2.13. The molecular weight excluding hydrogens is 258 g/mol. The highest BCUT2D eigenvalue weighted by Crippen LogP contribution is 2.31. The van der Waals surface area contributed by atoms with Crippen LogP contribution in [0.25, 0.3) is 0 Å². The van der Waals surface area contributed by atoms with Crippen LogP contribution in [0.3, 0.4) is 0 Å². The van der Waals surface area contributed by atoms with Gasteiger partial charge in [-0.1, -0.05) is 19.9 Å². The molecule has 0 unspecified atom stereocenters. The topological polar surface area (TPSA) is 99.2 Å². The Morgan fingerprint density at radius 2 is 2.10 bits per heavy atom. The normalized spacial score (nSPS) is 10.9. The molecule has 0 fully saturated rings. The van der Waals surface area contributed by atoms with Gasteiger partial charge in [-0.15, -0.1) is 0 Å². The van der Waals surface area contributed by atoms with Crippen LogP contribution in [-0.4, -0.2) is 23.2 Å². The lowest BCUT2D eigenvalue weighted by Crippen LogP contribution is -2.32. The minimum atomic E-state index is -0.556. The molecule has 0 aliphatic heterocycles. The molecule has 6 nitrogen and oxygen atoms in total. The maximum absolute atomic E-state index is 11.1. The number of aliphatic hydroxyl groups excluding tert-OH is 1.